The summed E-state index contributed by atoms with van der Waals surface area (Å²) in [5, 5.41) is 12.5. The van der Waals surface area contributed by atoms with E-state index in [0.29, 0.717) is 5.56 Å². The maximum Gasteiger partial charge on any atom is 0.143 e. The molecule has 0 unspecified atom stereocenters. The van der Waals surface area contributed by atoms with Crippen LogP contribution >= 0.6 is 0 Å². The summed E-state index contributed by atoms with van der Waals surface area (Å²) >= 11 is 0. The van der Waals surface area contributed by atoms with Crippen LogP contribution in [0, 0.1) is 11.3 Å². The molecule has 1 saturated carbocycles. The Morgan fingerprint density at radius 3 is 2.74 bits per heavy atom. The minimum Gasteiger partial charge on any atom is -0.383 e. The number of nitriles is 1. The number of nitrogen functional groups attached to an aromatic ring is 1. The molecular formula is C14H21N5. The van der Waals surface area contributed by atoms with Gasteiger partial charge in [0.2, 0.25) is 0 Å². The van der Waals surface area contributed by atoms with Gasteiger partial charge in [-0.3, -0.25) is 0 Å². The Labute approximate surface area is 114 Å². The molecule has 0 radical (unpaired) electrons. The molecule has 102 valence electrons. The van der Waals surface area contributed by atoms with Gasteiger partial charge in [0.25, 0.3) is 0 Å². The van der Waals surface area contributed by atoms with Crippen molar-refractivity contribution in [1.82, 2.24) is 9.88 Å². The first-order valence-electron chi connectivity index (χ1n) is 6.65. The van der Waals surface area contributed by atoms with Crippen molar-refractivity contribution in [2.45, 2.75) is 31.2 Å². The average molecular weight is 259 g/mol. The zero-order chi connectivity index (χ0) is 13.9. The summed E-state index contributed by atoms with van der Waals surface area (Å²) < 4.78 is 0. The molecule has 0 saturated heterocycles. The van der Waals surface area contributed by atoms with Gasteiger partial charge in [0.1, 0.15) is 17.5 Å². The van der Waals surface area contributed by atoms with Gasteiger partial charge in [0.05, 0.1) is 5.69 Å². The third kappa shape index (κ3) is 2.64. The predicted octanol–water partition coefficient (Wildman–Crippen LogP) is 1.82. The van der Waals surface area contributed by atoms with Crippen LogP contribution in [0.25, 0.3) is 0 Å². The Kier molecular flexibility index (Phi) is 3.91. The van der Waals surface area contributed by atoms with Crippen LogP contribution in [-0.4, -0.2) is 36.1 Å². The van der Waals surface area contributed by atoms with Gasteiger partial charge >= 0.3 is 0 Å². The van der Waals surface area contributed by atoms with Gasteiger partial charge in [0.15, 0.2) is 0 Å². The number of rotatable bonds is 4. The van der Waals surface area contributed by atoms with Crippen molar-refractivity contribution >= 4 is 11.5 Å². The van der Waals surface area contributed by atoms with Crippen LogP contribution in [0.3, 0.4) is 0 Å². The molecule has 5 heteroatoms. The summed E-state index contributed by atoms with van der Waals surface area (Å²) in [7, 11) is 4.25. The molecule has 5 nitrogen and oxygen atoms in total. The second-order valence-corrected chi connectivity index (χ2v) is 5.41. The molecule has 19 heavy (non-hydrogen) atoms. The highest BCUT2D eigenvalue weighted by Crippen LogP contribution is 2.34. The van der Waals surface area contributed by atoms with E-state index in [4.69, 9.17) is 11.0 Å². The molecule has 0 bridgehead atoms. The lowest BCUT2D eigenvalue weighted by Crippen LogP contribution is -2.47. The molecule has 1 aliphatic rings. The van der Waals surface area contributed by atoms with Crippen LogP contribution < -0.4 is 11.1 Å². The molecule has 0 amide bonds. The first-order valence-corrected chi connectivity index (χ1v) is 6.65. The molecular weight excluding hydrogens is 238 g/mol. The fourth-order valence-corrected chi connectivity index (χ4v) is 2.82. The summed E-state index contributed by atoms with van der Waals surface area (Å²) in [5.74, 6) is 0.290. The lowest BCUT2D eigenvalue weighted by atomic mass is 9.96. The van der Waals surface area contributed by atoms with Gasteiger partial charge < -0.3 is 16.0 Å². The van der Waals surface area contributed by atoms with E-state index in [2.05, 4.69) is 35.4 Å². The third-order valence-corrected chi connectivity index (χ3v) is 4.18. The summed E-state index contributed by atoms with van der Waals surface area (Å²) in [6, 6.07) is 3.93. The smallest absolute Gasteiger partial charge is 0.143 e. The standard InChI is InChI=1S/C14H21N5/c1-19(2)14(6-3-4-7-14)10-18-12-5-8-17-13(16)11(12)9-15/h5,8H,3-4,6-7,10H2,1-2H3,(H3,16,17,18). The van der Waals surface area contributed by atoms with E-state index in [1.807, 2.05) is 6.07 Å². The topological polar surface area (TPSA) is 78.0 Å². The van der Waals surface area contributed by atoms with Crippen LogP contribution in [0.2, 0.25) is 0 Å². The monoisotopic (exact) mass is 259 g/mol. The minimum atomic E-state index is 0.185. The summed E-state index contributed by atoms with van der Waals surface area (Å²) in [6.07, 6.45) is 6.55. The Morgan fingerprint density at radius 2 is 2.16 bits per heavy atom. The van der Waals surface area contributed by atoms with Gasteiger partial charge in [0, 0.05) is 18.3 Å². The number of pyridine rings is 1. The van der Waals surface area contributed by atoms with Crippen LogP contribution in [0.15, 0.2) is 12.3 Å². The molecule has 1 aromatic rings. The van der Waals surface area contributed by atoms with Crippen LogP contribution in [-0.2, 0) is 0 Å². The van der Waals surface area contributed by atoms with E-state index in [0.717, 1.165) is 12.2 Å². The Balaban J connectivity index is 2.14. The largest absolute Gasteiger partial charge is 0.383 e. The van der Waals surface area contributed by atoms with Gasteiger partial charge in [-0.2, -0.15) is 5.26 Å². The molecule has 2 rings (SSSR count). The summed E-state index contributed by atoms with van der Waals surface area (Å²) in [5.41, 5.74) is 7.13. The lowest BCUT2D eigenvalue weighted by molar-refractivity contribution is 0.172. The van der Waals surface area contributed by atoms with Crippen molar-refractivity contribution in [2.75, 3.05) is 31.7 Å². The number of anilines is 2. The van der Waals surface area contributed by atoms with Crippen molar-refractivity contribution < 1.29 is 0 Å². The molecule has 0 aromatic carbocycles. The van der Waals surface area contributed by atoms with E-state index in [-0.39, 0.29) is 11.4 Å². The van der Waals surface area contributed by atoms with Crippen molar-refractivity contribution in [3.05, 3.63) is 17.8 Å². The maximum atomic E-state index is 9.14. The second-order valence-electron chi connectivity index (χ2n) is 5.41. The van der Waals surface area contributed by atoms with E-state index < -0.39 is 0 Å². The van der Waals surface area contributed by atoms with Gasteiger partial charge in [-0.15, -0.1) is 0 Å². The molecule has 0 spiro atoms. The zero-order valence-corrected chi connectivity index (χ0v) is 11.6. The number of nitrogens with two attached hydrogens (primary N) is 1. The van der Waals surface area contributed by atoms with Gasteiger partial charge in [-0.05, 0) is 33.0 Å². The molecule has 1 aromatic heterocycles. The van der Waals surface area contributed by atoms with Crippen LogP contribution in [0.5, 0.6) is 0 Å². The maximum absolute atomic E-state index is 9.14. The van der Waals surface area contributed by atoms with Crippen molar-refractivity contribution in [3.63, 3.8) is 0 Å². The minimum absolute atomic E-state index is 0.185. The Morgan fingerprint density at radius 1 is 1.47 bits per heavy atom. The van der Waals surface area contributed by atoms with Crippen molar-refractivity contribution in [2.24, 2.45) is 0 Å². The number of nitrogens with one attached hydrogen (secondary N) is 1. The first-order chi connectivity index (χ1) is 9.09. The summed E-state index contributed by atoms with van der Waals surface area (Å²) in [4.78, 5) is 6.24. The highest BCUT2D eigenvalue weighted by molar-refractivity contribution is 5.66. The molecule has 1 heterocycles. The van der Waals surface area contributed by atoms with E-state index in [1.165, 1.54) is 25.7 Å². The number of hydrogen-bond acceptors (Lipinski definition) is 5. The molecule has 3 N–H and O–H groups in total. The van der Waals surface area contributed by atoms with Crippen molar-refractivity contribution in [1.29, 1.82) is 5.26 Å². The fraction of sp³-hybridized carbons (Fsp3) is 0.571. The number of aromatic nitrogens is 1. The lowest BCUT2D eigenvalue weighted by Gasteiger charge is -2.37. The number of hydrogen-bond donors (Lipinski definition) is 2. The third-order valence-electron chi connectivity index (χ3n) is 4.18. The van der Waals surface area contributed by atoms with Gasteiger partial charge in [-0.1, -0.05) is 12.8 Å². The van der Waals surface area contributed by atoms with E-state index in [9.17, 15) is 0 Å². The highest BCUT2D eigenvalue weighted by atomic mass is 15.2. The van der Waals surface area contributed by atoms with Gasteiger partial charge in [-0.25, -0.2) is 4.98 Å². The Hall–Kier alpha value is -1.80. The number of nitrogens with zero attached hydrogens (tertiary/aromatic N) is 3. The zero-order valence-electron chi connectivity index (χ0n) is 11.6. The van der Waals surface area contributed by atoms with E-state index >= 15 is 0 Å². The molecule has 0 atom stereocenters. The molecule has 1 aliphatic carbocycles. The quantitative estimate of drug-likeness (QED) is 0.862. The summed E-state index contributed by atoms with van der Waals surface area (Å²) in [6.45, 7) is 0.831. The normalized spacial score (nSPS) is 17.4. The molecule has 0 aliphatic heterocycles. The van der Waals surface area contributed by atoms with E-state index in [1.54, 1.807) is 6.20 Å². The van der Waals surface area contributed by atoms with Crippen LogP contribution in [0.4, 0.5) is 11.5 Å². The Bertz CT molecular complexity index is 483. The van der Waals surface area contributed by atoms with Crippen LogP contribution in [0.1, 0.15) is 31.2 Å². The number of likely N-dealkylation sites (N-methyl/N-ethyl adjacent to an activating group) is 1. The first kappa shape index (κ1) is 13.6. The molecule has 1 fully saturated rings. The average Bonchev–Trinajstić information content (AvgIpc) is 2.86. The predicted molar refractivity (Wildman–Crippen MR) is 76.7 cm³/mol. The SMILES string of the molecule is CN(C)C1(CNc2ccnc(N)c2C#N)CCCC1. The fourth-order valence-electron chi connectivity index (χ4n) is 2.82. The van der Waals surface area contributed by atoms with Crippen molar-refractivity contribution in [3.8, 4) is 6.07 Å². The highest BCUT2D eigenvalue weighted by Gasteiger charge is 2.35. The second kappa shape index (κ2) is 5.45.